The van der Waals surface area contributed by atoms with E-state index in [1.54, 1.807) is 31.2 Å². The monoisotopic (exact) mass is 328 g/mol. The number of carbonyl (C=O) groups is 1. The molecule has 0 aliphatic carbocycles. The minimum absolute atomic E-state index is 0.310. The highest BCUT2D eigenvalue weighted by Crippen LogP contribution is 2.23. The summed E-state index contributed by atoms with van der Waals surface area (Å²) in [6.45, 7) is 4.14. The van der Waals surface area contributed by atoms with Gasteiger partial charge in [-0.25, -0.2) is 8.42 Å². The van der Waals surface area contributed by atoms with Gasteiger partial charge < -0.3 is 10.1 Å². The van der Waals surface area contributed by atoms with Gasteiger partial charge in [-0.3, -0.25) is 9.10 Å². The second-order valence-electron chi connectivity index (χ2n) is 5.08. The van der Waals surface area contributed by atoms with Crippen molar-refractivity contribution in [1.82, 2.24) is 5.32 Å². The Kier molecular flexibility index (Phi) is 6.67. The number of ether oxygens (including phenoxy) is 1. The zero-order valence-electron chi connectivity index (χ0n) is 13.5. The summed E-state index contributed by atoms with van der Waals surface area (Å²) in [5.41, 5.74) is 0.432. The number of carbonyl (C=O) groups excluding carboxylic acids is 1. The highest BCUT2D eigenvalue weighted by atomic mass is 32.2. The molecule has 1 amide bonds. The van der Waals surface area contributed by atoms with E-state index in [-0.39, 0.29) is 5.91 Å². The maximum atomic E-state index is 12.2. The van der Waals surface area contributed by atoms with Gasteiger partial charge >= 0.3 is 0 Å². The van der Waals surface area contributed by atoms with Gasteiger partial charge in [0.1, 0.15) is 11.8 Å². The van der Waals surface area contributed by atoms with Gasteiger partial charge in [0.2, 0.25) is 15.9 Å². The smallest absolute Gasteiger partial charge is 0.243 e. The number of sulfonamides is 1. The Bertz CT molecular complexity index is 584. The first-order chi connectivity index (χ1) is 10.3. The fraction of sp³-hybridized carbons (Fsp3) is 0.533. The number of hydrogen-bond donors (Lipinski definition) is 1. The van der Waals surface area contributed by atoms with Gasteiger partial charge in [-0.2, -0.15) is 0 Å². The van der Waals surface area contributed by atoms with Crippen LogP contribution in [-0.4, -0.2) is 40.3 Å². The number of rotatable bonds is 8. The van der Waals surface area contributed by atoms with E-state index in [9.17, 15) is 13.2 Å². The van der Waals surface area contributed by atoms with E-state index in [2.05, 4.69) is 5.32 Å². The van der Waals surface area contributed by atoms with Gasteiger partial charge in [-0.15, -0.1) is 0 Å². The molecule has 22 heavy (non-hydrogen) atoms. The minimum atomic E-state index is -3.58. The summed E-state index contributed by atoms with van der Waals surface area (Å²) in [5, 5.41) is 2.76. The van der Waals surface area contributed by atoms with Crippen molar-refractivity contribution < 1.29 is 17.9 Å². The van der Waals surface area contributed by atoms with Crippen molar-refractivity contribution in [3.63, 3.8) is 0 Å². The predicted octanol–water partition coefficient (Wildman–Crippen LogP) is 1.77. The van der Waals surface area contributed by atoms with Crippen molar-refractivity contribution in [3.05, 3.63) is 24.3 Å². The summed E-state index contributed by atoms with van der Waals surface area (Å²) in [5.74, 6) is 0.312. The first-order valence-corrected chi connectivity index (χ1v) is 9.07. The predicted molar refractivity (Wildman–Crippen MR) is 87.7 cm³/mol. The normalized spacial score (nSPS) is 12.5. The number of nitrogens with zero attached hydrogens (tertiary/aromatic N) is 1. The lowest BCUT2D eigenvalue weighted by Crippen LogP contribution is -2.48. The fourth-order valence-corrected chi connectivity index (χ4v) is 3.25. The van der Waals surface area contributed by atoms with Crippen LogP contribution in [0.1, 0.15) is 26.7 Å². The maximum Gasteiger partial charge on any atom is 0.243 e. The van der Waals surface area contributed by atoms with Crippen LogP contribution in [-0.2, 0) is 14.8 Å². The summed E-state index contributed by atoms with van der Waals surface area (Å²) in [6, 6.07) is 5.75. The lowest BCUT2D eigenvalue weighted by Gasteiger charge is -2.28. The molecule has 0 heterocycles. The summed E-state index contributed by atoms with van der Waals surface area (Å²) in [4.78, 5) is 12.2. The van der Waals surface area contributed by atoms with Crippen LogP contribution in [0.25, 0.3) is 0 Å². The lowest BCUT2D eigenvalue weighted by atomic mass is 10.2. The Balaban J connectivity index is 3.00. The average molecular weight is 328 g/mol. The number of hydrogen-bond acceptors (Lipinski definition) is 4. The maximum absolute atomic E-state index is 12.2. The summed E-state index contributed by atoms with van der Waals surface area (Å²) >= 11 is 0. The topological polar surface area (TPSA) is 75.7 Å². The molecule has 1 N–H and O–H groups in total. The number of unbranched alkanes of at least 4 members (excludes halogenated alkanes) is 1. The van der Waals surface area contributed by atoms with Crippen LogP contribution in [0.5, 0.6) is 5.75 Å². The average Bonchev–Trinajstić information content (AvgIpc) is 2.46. The summed E-state index contributed by atoms with van der Waals surface area (Å²) < 4.78 is 30.3. The number of methoxy groups -OCH3 is 1. The molecule has 0 aliphatic heterocycles. The van der Waals surface area contributed by atoms with E-state index >= 15 is 0 Å². The number of nitrogens with one attached hydrogen (secondary N) is 1. The molecule has 7 heteroatoms. The lowest BCUT2D eigenvalue weighted by molar-refractivity contribution is -0.121. The van der Waals surface area contributed by atoms with Crippen LogP contribution in [0, 0.1) is 0 Å². The highest BCUT2D eigenvalue weighted by Gasteiger charge is 2.28. The van der Waals surface area contributed by atoms with Crippen LogP contribution in [0.3, 0.4) is 0 Å². The van der Waals surface area contributed by atoms with E-state index in [0.29, 0.717) is 18.0 Å². The third kappa shape index (κ3) is 4.91. The molecule has 0 unspecified atom stereocenters. The molecule has 1 aromatic carbocycles. The van der Waals surface area contributed by atoms with E-state index in [4.69, 9.17) is 4.74 Å². The number of anilines is 1. The SMILES string of the molecule is CCCCNC(=O)[C@@H](C)N(c1ccc(OC)cc1)S(C)(=O)=O. The zero-order chi connectivity index (χ0) is 16.8. The largest absolute Gasteiger partial charge is 0.497 e. The quantitative estimate of drug-likeness (QED) is 0.738. The van der Waals surface area contributed by atoms with E-state index in [1.165, 1.54) is 7.11 Å². The molecule has 1 atom stereocenters. The third-order valence-electron chi connectivity index (χ3n) is 3.24. The van der Waals surface area contributed by atoms with Crippen LogP contribution in [0.15, 0.2) is 24.3 Å². The zero-order valence-corrected chi connectivity index (χ0v) is 14.3. The van der Waals surface area contributed by atoms with Crippen molar-refractivity contribution in [3.8, 4) is 5.75 Å². The van der Waals surface area contributed by atoms with Crippen molar-refractivity contribution >= 4 is 21.6 Å². The summed E-state index contributed by atoms with van der Waals surface area (Å²) in [7, 11) is -2.05. The molecule has 6 nitrogen and oxygen atoms in total. The Morgan fingerprint density at radius 3 is 2.36 bits per heavy atom. The van der Waals surface area contributed by atoms with Crippen LogP contribution >= 0.6 is 0 Å². The molecule has 124 valence electrons. The highest BCUT2D eigenvalue weighted by molar-refractivity contribution is 7.92. The van der Waals surface area contributed by atoms with Gasteiger partial charge in [0.05, 0.1) is 19.1 Å². The first kappa shape index (κ1) is 18.3. The molecular weight excluding hydrogens is 304 g/mol. The van der Waals surface area contributed by atoms with Crippen LogP contribution < -0.4 is 14.4 Å². The van der Waals surface area contributed by atoms with E-state index in [0.717, 1.165) is 23.4 Å². The molecule has 0 radical (unpaired) electrons. The van der Waals surface area contributed by atoms with Gasteiger partial charge in [-0.1, -0.05) is 13.3 Å². The third-order valence-corrected chi connectivity index (χ3v) is 4.49. The van der Waals surface area contributed by atoms with Crippen LogP contribution in [0.2, 0.25) is 0 Å². The van der Waals surface area contributed by atoms with Gasteiger partial charge in [-0.05, 0) is 37.6 Å². The molecule has 0 bridgehead atoms. The second kappa shape index (κ2) is 8.03. The number of amides is 1. The Hall–Kier alpha value is -1.76. The molecule has 0 saturated carbocycles. The number of benzene rings is 1. The summed E-state index contributed by atoms with van der Waals surface area (Å²) in [6.07, 6.45) is 2.91. The van der Waals surface area contributed by atoms with Crippen molar-refractivity contribution in [2.24, 2.45) is 0 Å². The van der Waals surface area contributed by atoms with Crippen molar-refractivity contribution in [2.75, 3.05) is 24.2 Å². The molecule has 0 spiro atoms. The Morgan fingerprint density at radius 1 is 1.32 bits per heavy atom. The molecular formula is C15H24N2O4S. The Morgan fingerprint density at radius 2 is 1.91 bits per heavy atom. The molecule has 1 aromatic rings. The molecule has 0 aliphatic rings. The standard InChI is InChI=1S/C15H24N2O4S/c1-5-6-11-16-15(18)12(2)17(22(4,19)20)13-7-9-14(21-3)10-8-13/h7-10,12H,5-6,11H2,1-4H3,(H,16,18)/t12-/m1/s1. The Labute approximate surface area is 132 Å². The first-order valence-electron chi connectivity index (χ1n) is 7.22. The van der Waals surface area contributed by atoms with E-state index < -0.39 is 16.1 Å². The van der Waals surface area contributed by atoms with Gasteiger partial charge in [0.25, 0.3) is 0 Å². The molecule has 0 fully saturated rings. The van der Waals surface area contributed by atoms with E-state index in [1.807, 2.05) is 6.92 Å². The van der Waals surface area contributed by atoms with Gasteiger partial charge in [0.15, 0.2) is 0 Å². The minimum Gasteiger partial charge on any atom is -0.497 e. The fourth-order valence-electron chi connectivity index (χ4n) is 2.07. The van der Waals surface area contributed by atoms with Crippen molar-refractivity contribution in [1.29, 1.82) is 0 Å². The van der Waals surface area contributed by atoms with Gasteiger partial charge in [0, 0.05) is 6.54 Å². The second-order valence-corrected chi connectivity index (χ2v) is 6.94. The molecule has 0 saturated heterocycles. The molecule has 1 rings (SSSR count). The van der Waals surface area contributed by atoms with Crippen molar-refractivity contribution in [2.45, 2.75) is 32.7 Å². The molecule has 0 aromatic heterocycles. The van der Waals surface area contributed by atoms with Crippen LogP contribution in [0.4, 0.5) is 5.69 Å².